The Bertz CT molecular complexity index is 1040. The lowest BCUT2D eigenvalue weighted by molar-refractivity contribution is 0.563. The van der Waals surface area contributed by atoms with Gasteiger partial charge in [-0.25, -0.2) is 0 Å². The van der Waals surface area contributed by atoms with Crippen LogP contribution in [-0.2, 0) is 6.54 Å². The minimum absolute atomic E-state index is 0.00529. The number of hydrogen-bond donors (Lipinski definition) is 1. The molecule has 4 rings (SSSR count). The summed E-state index contributed by atoms with van der Waals surface area (Å²) in [5.74, 6) is 0.503. The van der Waals surface area contributed by atoms with Gasteiger partial charge in [-0.2, -0.15) is 0 Å². The lowest BCUT2D eigenvalue weighted by atomic mass is 9.96. The first-order chi connectivity index (χ1) is 14.4. The zero-order valence-electron chi connectivity index (χ0n) is 18.4. The Labute approximate surface area is 184 Å². The van der Waals surface area contributed by atoms with Gasteiger partial charge in [-0.15, -0.1) is 0 Å². The van der Waals surface area contributed by atoms with E-state index in [1.807, 2.05) is 18.3 Å². The maximum atomic E-state index is 5.85. The zero-order valence-corrected chi connectivity index (χ0v) is 19.2. The first-order valence-corrected chi connectivity index (χ1v) is 11.1. The molecule has 2 aromatic heterocycles. The number of aromatic nitrogens is 2. The van der Waals surface area contributed by atoms with Crippen molar-refractivity contribution in [2.45, 2.75) is 59.2 Å². The van der Waals surface area contributed by atoms with Crippen LogP contribution in [0.1, 0.15) is 67.0 Å². The summed E-state index contributed by atoms with van der Waals surface area (Å²) < 4.78 is 2.37. The van der Waals surface area contributed by atoms with E-state index in [1.165, 1.54) is 22.5 Å². The summed E-state index contributed by atoms with van der Waals surface area (Å²) in [5.41, 5.74) is 7.31. The van der Waals surface area contributed by atoms with Gasteiger partial charge in [0.25, 0.3) is 0 Å². The Morgan fingerprint density at radius 3 is 2.40 bits per heavy atom. The maximum Gasteiger partial charge on any atom is 0.174 e. The molecule has 3 aromatic rings. The number of hydrogen-bond acceptors (Lipinski definition) is 2. The summed E-state index contributed by atoms with van der Waals surface area (Å²) >= 11 is 5.85. The minimum atomic E-state index is -0.00529. The number of rotatable bonds is 5. The van der Waals surface area contributed by atoms with Crippen molar-refractivity contribution in [3.05, 3.63) is 82.9 Å². The molecule has 1 aromatic carbocycles. The third-order valence-electron chi connectivity index (χ3n) is 6.18. The van der Waals surface area contributed by atoms with Crippen LogP contribution in [-0.4, -0.2) is 14.7 Å². The highest BCUT2D eigenvalue weighted by Gasteiger charge is 2.42. The highest BCUT2D eigenvalue weighted by Crippen LogP contribution is 2.43. The average Bonchev–Trinajstić information content (AvgIpc) is 3.23. The molecule has 1 aliphatic heterocycles. The summed E-state index contributed by atoms with van der Waals surface area (Å²) in [6.45, 7) is 12.0. The van der Waals surface area contributed by atoms with Gasteiger partial charge in [0.15, 0.2) is 5.11 Å². The van der Waals surface area contributed by atoms with Crippen LogP contribution in [0.15, 0.2) is 54.7 Å². The standard InChI is InChI=1S/C25H30N4S/c1-6-28-17(4)15-21(18(28)5)24-23(22-9-7-8-14-26-22)27-25(30)29(24)20-12-10-19(11-13-20)16(2)3/h7-16,23-24H,6H2,1-5H3,(H,27,30)/t23-,24-/m1/s1. The van der Waals surface area contributed by atoms with E-state index >= 15 is 0 Å². The molecule has 1 aliphatic rings. The van der Waals surface area contributed by atoms with Crippen LogP contribution >= 0.6 is 12.2 Å². The summed E-state index contributed by atoms with van der Waals surface area (Å²) in [5, 5.41) is 4.31. The predicted molar refractivity (Wildman–Crippen MR) is 128 cm³/mol. The summed E-state index contributed by atoms with van der Waals surface area (Å²) in [6, 6.07) is 17.2. The second-order valence-electron chi connectivity index (χ2n) is 8.31. The van der Waals surface area contributed by atoms with E-state index in [4.69, 9.17) is 12.2 Å². The van der Waals surface area contributed by atoms with Gasteiger partial charge in [-0.1, -0.05) is 32.0 Å². The highest BCUT2D eigenvalue weighted by molar-refractivity contribution is 7.80. The second-order valence-corrected chi connectivity index (χ2v) is 8.70. The van der Waals surface area contributed by atoms with Gasteiger partial charge >= 0.3 is 0 Å². The van der Waals surface area contributed by atoms with Crippen LogP contribution in [0, 0.1) is 13.8 Å². The SMILES string of the molecule is CCn1c(C)cc([C@@H]2[C@@H](c3ccccn3)NC(=S)N2c2ccc(C(C)C)cc2)c1C. The van der Waals surface area contributed by atoms with Crippen molar-refractivity contribution in [3.8, 4) is 0 Å². The van der Waals surface area contributed by atoms with Crippen LogP contribution < -0.4 is 10.2 Å². The number of nitrogens with zero attached hydrogens (tertiary/aromatic N) is 3. The van der Waals surface area contributed by atoms with Gasteiger partial charge in [-0.05, 0) is 80.4 Å². The van der Waals surface area contributed by atoms with Gasteiger partial charge in [0.05, 0.1) is 17.8 Å². The van der Waals surface area contributed by atoms with E-state index in [9.17, 15) is 0 Å². The molecule has 30 heavy (non-hydrogen) atoms. The molecule has 1 N–H and O–H groups in total. The zero-order chi connectivity index (χ0) is 21.4. The molecule has 1 saturated heterocycles. The van der Waals surface area contributed by atoms with Crippen molar-refractivity contribution in [1.82, 2.24) is 14.9 Å². The van der Waals surface area contributed by atoms with E-state index in [0.29, 0.717) is 5.92 Å². The molecule has 0 aliphatic carbocycles. The van der Waals surface area contributed by atoms with E-state index in [-0.39, 0.29) is 12.1 Å². The van der Waals surface area contributed by atoms with Crippen molar-refractivity contribution in [2.75, 3.05) is 4.90 Å². The average molecular weight is 419 g/mol. The number of anilines is 1. The van der Waals surface area contributed by atoms with Crippen LogP contribution in [0.5, 0.6) is 0 Å². The third kappa shape index (κ3) is 3.52. The summed E-state index contributed by atoms with van der Waals surface area (Å²) in [7, 11) is 0. The molecule has 0 spiro atoms. The molecule has 3 heterocycles. The van der Waals surface area contributed by atoms with Crippen LogP contribution in [0.25, 0.3) is 0 Å². The molecule has 156 valence electrons. The topological polar surface area (TPSA) is 33.1 Å². The monoisotopic (exact) mass is 418 g/mol. The van der Waals surface area contributed by atoms with Crippen molar-refractivity contribution in [2.24, 2.45) is 0 Å². The van der Waals surface area contributed by atoms with Crippen LogP contribution in [0.4, 0.5) is 5.69 Å². The maximum absolute atomic E-state index is 5.85. The van der Waals surface area contributed by atoms with Gasteiger partial charge in [-0.3, -0.25) is 4.98 Å². The molecule has 5 heteroatoms. The van der Waals surface area contributed by atoms with E-state index in [2.05, 4.69) is 90.8 Å². The molecular weight excluding hydrogens is 388 g/mol. The van der Waals surface area contributed by atoms with Crippen LogP contribution in [0.3, 0.4) is 0 Å². The lowest BCUT2D eigenvalue weighted by Gasteiger charge is -2.28. The Balaban J connectivity index is 1.84. The van der Waals surface area contributed by atoms with E-state index in [1.54, 1.807) is 0 Å². The Hall–Kier alpha value is -2.66. The molecule has 0 unspecified atom stereocenters. The van der Waals surface area contributed by atoms with Gasteiger partial charge < -0.3 is 14.8 Å². The fourth-order valence-electron chi connectivity index (χ4n) is 4.58. The second kappa shape index (κ2) is 8.23. The first kappa shape index (κ1) is 20.6. The normalized spacial score (nSPS) is 18.9. The molecule has 0 radical (unpaired) electrons. The number of thiocarbonyl (C=S) groups is 1. The minimum Gasteiger partial charge on any atom is -0.351 e. The molecule has 4 nitrogen and oxygen atoms in total. The fourth-order valence-corrected chi connectivity index (χ4v) is 4.93. The quantitative estimate of drug-likeness (QED) is 0.529. The Morgan fingerprint density at radius 2 is 1.83 bits per heavy atom. The number of aryl methyl sites for hydroxylation is 1. The summed E-state index contributed by atoms with van der Waals surface area (Å²) in [4.78, 5) is 6.92. The van der Waals surface area contributed by atoms with E-state index in [0.717, 1.165) is 23.0 Å². The van der Waals surface area contributed by atoms with Gasteiger partial charge in [0.1, 0.15) is 0 Å². The van der Waals surface area contributed by atoms with Crippen molar-refractivity contribution < 1.29 is 0 Å². The van der Waals surface area contributed by atoms with Crippen molar-refractivity contribution in [3.63, 3.8) is 0 Å². The van der Waals surface area contributed by atoms with Crippen molar-refractivity contribution >= 4 is 23.0 Å². The number of nitrogens with one attached hydrogen (secondary N) is 1. The Morgan fingerprint density at radius 1 is 1.10 bits per heavy atom. The third-order valence-corrected chi connectivity index (χ3v) is 6.50. The predicted octanol–water partition coefficient (Wildman–Crippen LogP) is 5.82. The molecule has 1 fully saturated rings. The van der Waals surface area contributed by atoms with Crippen molar-refractivity contribution in [1.29, 1.82) is 0 Å². The molecule has 2 atom stereocenters. The highest BCUT2D eigenvalue weighted by atomic mass is 32.1. The molecule has 0 bridgehead atoms. The van der Waals surface area contributed by atoms with Gasteiger partial charge in [0.2, 0.25) is 0 Å². The molecular formula is C25H30N4S. The lowest BCUT2D eigenvalue weighted by Crippen LogP contribution is -2.29. The van der Waals surface area contributed by atoms with E-state index < -0.39 is 0 Å². The fraction of sp³-hybridized carbons (Fsp3) is 0.360. The van der Waals surface area contributed by atoms with Gasteiger partial charge in [0, 0.05) is 29.8 Å². The first-order valence-electron chi connectivity index (χ1n) is 10.7. The summed E-state index contributed by atoms with van der Waals surface area (Å²) in [6.07, 6.45) is 1.85. The molecule has 0 amide bonds. The smallest absolute Gasteiger partial charge is 0.174 e. The number of pyridine rings is 1. The molecule has 0 saturated carbocycles. The largest absolute Gasteiger partial charge is 0.351 e. The Kier molecular flexibility index (Phi) is 5.65. The van der Waals surface area contributed by atoms with Crippen LogP contribution in [0.2, 0.25) is 0 Å². The number of benzene rings is 1.